The van der Waals surface area contributed by atoms with Gasteiger partial charge in [0.25, 0.3) is 0 Å². The minimum absolute atomic E-state index is 0.0418. The van der Waals surface area contributed by atoms with Gasteiger partial charge in [0, 0.05) is 11.1 Å². The fourth-order valence-electron chi connectivity index (χ4n) is 2.86. The first-order chi connectivity index (χ1) is 14.4. The summed E-state index contributed by atoms with van der Waals surface area (Å²) in [6, 6.07) is 18.9. The lowest BCUT2D eigenvalue weighted by atomic mass is 9.95. The number of methoxy groups -OCH3 is 1. The molecule has 0 fully saturated rings. The lowest BCUT2D eigenvalue weighted by molar-refractivity contribution is -0.129. The molecular weight excluding hydrogens is 382 g/mol. The van der Waals surface area contributed by atoms with Crippen LogP contribution in [0.25, 0.3) is 11.1 Å². The molecule has 150 valence electrons. The lowest BCUT2D eigenvalue weighted by Crippen LogP contribution is -2.16. The van der Waals surface area contributed by atoms with E-state index in [2.05, 4.69) is 10.5 Å². The molecule has 0 aliphatic carbocycles. The highest BCUT2D eigenvalue weighted by Gasteiger charge is 2.19. The molecule has 0 aromatic heterocycles. The van der Waals surface area contributed by atoms with Crippen molar-refractivity contribution in [2.45, 2.75) is 6.92 Å². The molecule has 0 spiro atoms. The highest BCUT2D eigenvalue weighted by Crippen LogP contribution is 2.32. The number of aromatic hydroxyl groups is 1. The number of rotatable bonds is 6. The standard InChI is InChI=1S/C23H19N3O4/c1-14-3-7-17(8-4-14)25-26-22(23(28)29)16-11-19(20(13-24)21(27)12-16)15-5-9-18(30-2)10-6-15/h3-12,25,27H,1-2H3,(H,28,29)/b26-22+. The maximum Gasteiger partial charge on any atom is 0.356 e. The van der Waals surface area contributed by atoms with Gasteiger partial charge < -0.3 is 14.9 Å². The minimum Gasteiger partial charge on any atom is -0.507 e. The van der Waals surface area contributed by atoms with Gasteiger partial charge in [-0.1, -0.05) is 29.8 Å². The van der Waals surface area contributed by atoms with Gasteiger partial charge in [-0.2, -0.15) is 10.4 Å². The molecule has 0 aliphatic heterocycles. The molecule has 0 amide bonds. The maximum absolute atomic E-state index is 11.8. The Morgan fingerprint density at radius 2 is 1.77 bits per heavy atom. The number of aliphatic carboxylic acids is 1. The Morgan fingerprint density at radius 1 is 1.10 bits per heavy atom. The van der Waals surface area contributed by atoms with Gasteiger partial charge in [0.2, 0.25) is 0 Å². The van der Waals surface area contributed by atoms with Crippen molar-refractivity contribution in [3.05, 3.63) is 77.4 Å². The van der Waals surface area contributed by atoms with Crippen LogP contribution in [-0.2, 0) is 4.79 Å². The summed E-state index contributed by atoms with van der Waals surface area (Å²) in [5.74, 6) is -0.975. The third-order valence-corrected chi connectivity index (χ3v) is 4.45. The normalized spacial score (nSPS) is 10.9. The first kappa shape index (κ1) is 20.4. The van der Waals surface area contributed by atoms with Gasteiger partial charge >= 0.3 is 5.97 Å². The molecular formula is C23H19N3O4. The number of carboxylic acids is 1. The molecule has 0 saturated carbocycles. The minimum atomic E-state index is -1.28. The topological polar surface area (TPSA) is 115 Å². The van der Waals surface area contributed by atoms with E-state index in [9.17, 15) is 20.3 Å². The van der Waals surface area contributed by atoms with Crippen molar-refractivity contribution in [1.82, 2.24) is 0 Å². The first-order valence-electron chi connectivity index (χ1n) is 8.98. The van der Waals surface area contributed by atoms with Crippen LogP contribution in [0.4, 0.5) is 5.69 Å². The summed E-state index contributed by atoms with van der Waals surface area (Å²) in [5, 5.41) is 33.5. The average molecular weight is 401 g/mol. The molecule has 0 aliphatic rings. The molecule has 0 unspecified atom stereocenters. The number of hydrazone groups is 1. The van der Waals surface area contributed by atoms with E-state index in [1.54, 1.807) is 43.5 Å². The number of aryl methyl sites for hydroxylation is 1. The van der Waals surface area contributed by atoms with E-state index >= 15 is 0 Å². The molecule has 0 saturated heterocycles. The lowest BCUT2D eigenvalue weighted by Gasteiger charge is -2.11. The quantitative estimate of drug-likeness (QED) is 0.422. The van der Waals surface area contributed by atoms with Gasteiger partial charge in [0.05, 0.1) is 12.8 Å². The molecule has 3 aromatic rings. The summed E-state index contributed by atoms with van der Waals surface area (Å²) in [6.07, 6.45) is 0. The van der Waals surface area contributed by atoms with Gasteiger partial charge in [0.15, 0.2) is 5.71 Å². The number of phenols is 1. The maximum atomic E-state index is 11.8. The highest BCUT2D eigenvalue weighted by atomic mass is 16.5. The molecule has 0 bridgehead atoms. The van der Waals surface area contributed by atoms with Crippen LogP contribution in [0.3, 0.4) is 0 Å². The van der Waals surface area contributed by atoms with Gasteiger partial charge in [-0.15, -0.1) is 0 Å². The van der Waals surface area contributed by atoms with Crippen LogP contribution >= 0.6 is 0 Å². The van der Waals surface area contributed by atoms with Crippen LogP contribution in [0.15, 0.2) is 65.8 Å². The molecule has 3 aromatic carbocycles. The number of ether oxygens (including phenoxy) is 1. The number of hydrogen-bond donors (Lipinski definition) is 3. The van der Waals surface area contributed by atoms with E-state index in [0.29, 0.717) is 22.6 Å². The Morgan fingerprint density at radius 3 is 2.33 bits per heavy atom. The van der Waals surface area contributed by atoms with Crippen LogP contribution < -0.4 is 10.2 Å². The number of anilines is 1. The predicted molar refractivity (Wildman–Crippen MR) is 114 cm³/mol. The van der Waals surface area contributed by atoms with Crippen LogP contribution in [0.2, 0.25) is 0 Å². The van der Waals surface area contributed by atoms with Gasteiger partial charge in [-0.05, 0) is 48.9 Å². The predicted octanol–water partition coefficient (Wildman–Crippen LogP) is 4.15. The monoisotopic (exact) mass is 401 g/mol. The molecule has 0 radical (unpaired) electrons. The van der Waals surface area contributed by atoms with E-state index < -0.39 is 5.97 Å². The third kappa shape index (κ3) is 4.39. The number of benzene rings is 3. The first-order valence-corrected chi connectivity index (χ1v) is 8.98. The fourth-order valence-corrected chi connectivity index (χ4v) is 2.86. The number of phenolic OH excluding ortho intramolecular Hbond substituents is 1. The fraction of sp³-hybridized carbons (Fsp3) is 0.0870. The van der Waals surface area contributed by atoms with Crippen molar-refractivity contribution in [3.8, 4) is 28.7 Å². The van der Waals surface area contributed by atoms with E-state index in [4.69, 9.17) is 4.74 Å². The Labute approximate surface area is 173 Å². The van der Waals surface area contributed by atoms with E-state index in [1.807, 2.05) is 25.1 Å². The van der Waals surface area contributed by atoms with Crippen molar-refractivity contribution < 1.29 is 19.7 Å². The number of carbonyl (C=O) groups is 1. The molecule has 7 heteroatoms. The summed E-state index contributed by atoms with van der Waals surface area (Å²) < 4.78 is 5.14. The number of carboxylic acid groups (broad SMARTS) is 1. The van der Waals surface area contributed by atoms with Crippen LogP contribution in [0.5, 0.6) is 11.5 Å². The summed E-state index contributed by atoms with van der Waals surface area (Å²) in [6.45, 7) is 1.94. The number of nitrogens with zero attached hydrogens (tertiary/aromatic N) is 2. The summed E-state index contributed by atoms with van der Waals surface area (Å²) in [7, 11) is 1.54. The zero-order chi connectivity index (χ0) is 21.7. The van der Waals surface area contributed by atoms with E-state index in [-0.39, 0.29) is 22.6 Å². The second kappa shape index (κ2) is 8.80. The van der Waals surface area contributed by atoms with Crippen molar-refractivity contribution in [2.75, 3.05) is 12.5 Å². The van der Waals surface area contributed by atoms with Crippen molar-refractivity contribution in [3.63, 3.8) is 0 Å². The van der Waals surface area contributed by atoms with Crippen LogP contribution in [0, 0.1) is 18.3 Å². The average Bonchev–Trinajstić information content (AvgIpc) is 2.74. The number of hydrogen-bond acceptors (Lipinski definition) is 6. The highest BCUT2D eigenvalue weighted by molar-refractivity contribution is 6.42. The van der Waals surface area contributed by atoms with Crippen molar-refractivity contribution >= 4 is 17.4 Å². The Hall–Kier alpha value is -4.31. The third-order valence-electron chi connectivity index (χ3n) is 4.45. The number of nitrogens with one attached hydrogen (secondary N) is 1. The van der Waals surface area contributed by atoms with Crippen LogP contribution in [-0.4, -0.2) is 29.0 Å². The SMILES string of the molecule is COc1ccc(-c2cc(/C(=N\Nc3ccc(C)cc3)C(=O)O)cc(O)c2C#N)cc1. The molecule has 3 rings (SSSR count). The second-order valence-electron chi connectivity index (χ2n) is 6.50. The van der Waals surface area contributed by atoms with E-state index in [0.717, 1.165) is 5.56 Å². The zero-order valence-corrected chi connectivity index (χ0v) is 16.4. The Bertz CT molecular complexity index is 1140. The summed E-state index contributed by atoms with van der Waals surface area (Å²) >= 11 is 0. The molecule has 30 heavy (non-hydrogen) atoms. The largest absolute Gasteiger partial charge is 0.507 e. The smallest absolute Gasteiger partial charge is 0.356 e. The number of nitriles is 1. The van der Waals surface area contributed by atoms with Gasteiger partial charge in [-0.25, -0.2) is 4.79 Å². The van der Waals surface area contributed by atoms with Gasteiger partial charge in [0.1, 0.15) is 23.1 Å². The van der Waals surface area contributed by atoms with E-state index in [1.165, 1.54) is 12.1 Å². The van der Waals surface area contributed by atoms with Crippen molar-refractivity contribution in [1.29, 1.82) is 5.26 Å². The second-order valence-corrected chi connectivity index (χ2v) is 6.50. The Balaban J connectivity index is 2.07. The van der Waals surface area contributed by atoms with Crippen molar-refractivity contribution in [2.24, 2.45) is 5.10 Å². The molecule has 0 atom stereocenters. The summed E-state index contributed by atoms with van der Waals surface area (Å²) in [5.41, 5.74) is 5.31. The van der Waals surface area contributed by atoms with Crippen LogP contribution in [0.1, 0.15) is 16.7 Å². The zero-order valence-electron chi connectivity index (χ0n) is 16.4. The van der Waals surface area contributed by atoms with Gasteiger partial charge in [-0.3, -0.25) is 5.43 Å². The Kier molecular flexibility index (Phi) is 5.99. The summed E-state index contributed by atoms with van der Waals surface area (Å²) in [4.78, 5) is 11.8. The molecule has 0 heterocycles. The molecule has 7 nitrogen and oxygen atoms in total. The molecule has 3 N–H and O–H groups in total.